The molecule has 0 aliphatic carbocycles. The average Bonchev–Trinajstić information content (AvgIpc) is 3.38. The quantitative estimate of drug-likeness (QED) is 0.457. The van der Waals surface area contributed by atoms with Crippen molar-refractivity contribution in [3.05, 3.63) is 70.4 Å². The predicted octanol–water partition coefficient (Wildman–Crippen LogP) is 3.81. The number of fused-ring (bicyclic) bond motifs is 1. The van der Waals surface area contributed by atoms with E-state index in [2.05, 4.69) is 15.3 Å². The maximum Gasteiger partial charge on any atom is 0.268 e. The fraction of sp³-hybridized carbons (Fsp3) is 0.292. The zero-order valence-electron chi connectivity index (χ0n) is 19.0. The monoisotopic (exact) mass is 463 g/mol. The Balaban J connectivity index is 1.50. The summed E-state index contributed by atoms with van der Waals surface area (Å²) in [7, 11) is -1.80. The standard InChI is InChI=1S/C24H25N5O3S/c1-15-5-7-18(8-6-15)23-25-26-24(32-23)22-20-14-29(10-9-21(20)28(4)27-22)33(30,31)19-12-16(2)11-17(3)13-19/h5-8,11-13H,9-10,14H2,1-4H3. The van der Waals surface area contributed by atoms with Gasteiger partial charge in [0.1, 0.15) is 0 Å². The topological polar surface area (TPSA) is 94.1 Å². The first-order valence-electron chi connectivity index (χ1n) is 10.8. The van der Waals surface area contributed by atoms with Crippen LogP contribution in [0.1, 0.15) is 27.9 Å². The summed E-state index contributed by atoms with van der Waals surface area (Å²) in [4.78, 5) is 0.313. The van der Waals surface area contributed by atoms with E-state index in [-0.39, 0.29) is 12.4 Å². The van der Waals surface area contributed by atoms with Gasteiger partial charge >= 0.3 is 0 Å². The van der Waals surface area contributed by atoms with Gasteiger partial charge in [-0.1, -0.05) is 23.8 Å². The van der Waals surface area contributed by atoms with Gasteiger partial charge in [-0.3, -0.25) is 4.68 Å². The lowest BCUT2D eigenvalue weighted by Crippen LogP contribution is -2.36. The molecular weight excluding hydrogens is 438 g/mol. The van der Waals surface area contributed by atoms with Gasteiger partial charge in [-0.25, -0.2) is 8.42 Å². The lowest BCUT2D eigenvalue weighted by molar-refractivity contribution is 0.386. The second kappa shape index (κ2) is 7.93. The zero-order chi connectivity index (χ0) is 23.3. The highest BCUT2D eigenvalue weighted by Gasteiger charge is 2.33. The third kappa shape index (κ3) is 3.87. The van der Waals surface area contributed by atoms with Crippen LogP contribution >= 0.6 is 0 Å². The first-order chi connectivity index (χ1) is 15.7. The molecule has 0 saturated heterocycles. The van der Waals surface area contributed by atoms with E-state index in [0.29, 0.717) is 29.4 Å². The number of hydrogen-bond acceptors (Lipinski definition) is 6. The molecule has 1 aliphatic rings. The molecule has 3 heterocycles. The van der Waals surface area contributed by atoms with Crippen molar-refractivity contribution in [1.29, 1.82) is 0 Å². The van der Waals surface area contributed by atoms with Gasteiger partial charge in [0, 0.05) is 43.4 Å². The molecule has 0 amide bonds. The first-order valence-corrected chi connectivity index (χ1v) is 12.2. The Morgan fingerprint density at radius 2 is 1.58 bits per heavy atom. The van der Waals surface area contributed by atoms with Crippen LogP contribution in [-0.2, 0) is 30.0 Å². The van der Waals surface area contributed by atoms with Crippen LogP contribution in [0.3, 0.4) is 0 Å². The van der Waals surface area contributed by atoms with E-state index in [0.717, 1.165) is 33.5 Å². The molecule has 0 atom stereocenters. The normalized spacial score (nSPS) is 14.4. The second-order valence-corrected chi connectivity index (χ2v) is 10.5. The summed E-state index contributed by atoms with van der Waals surface area (Å²) in [6.45, 7) is 6.42. The molecule has 0 radical (unpaired) electrons. The van der Waals surface area contributed by atoms with E-state index >= 15 is 0 Å². The molecule has 33 heavy (non-hydrogen) atoms. The fourth-order valence-electron chi connectivity index (χ4n) is 4.31. The van der Waals surface area contributed by atoms with Crippen molar-refractivity contribution in [2.45, 2.75) is 38.6 Å². The Morgan fingerprint density at radius 1 is 0.909 bits per heavy atom. The summed E-state index contributed by atoms with van der Waals surface area (Å²) in [5.74, 6) is 0.688. The number of nitrogens with zero attached hydrogens (tertiary/aromatic N) is 5. The lowest BCUT2D eigenvalue weighted by Gasteiger charge is -2.27. The van der Waals surface area contributed by atoms with Crippen LogP contribution in [-0.4, -0.2) is 39.2 Å². The number of aromatic nitrogens is 4. The van der Waals surface area contributed by atoms with Gasteiger partial charge in [0.15, 0.2) is 5.69 Å². The maximum atomic E-state index is 13.4. The van der Waals surface area contributed by atoms with Crippen molar-refractivity contribution < 1.29 is 12.8 Å². The molecule has 9 heteroatoms. The molecule has 0 spiro atoms. The third-order valence-corrected chi connectivity index (χ3v) is 7.79. The molecule has 5 rings (SSSR count). The Hall–Kier alpha value is -3.30. The zero-order valence-corrected chi connectivity index (χ0v) is 19.8. The van der Waals surface area contributed by atoms with Gasteiger partial charge < -0.3 is 4.42 Å². The van der Waals surface area contributed by atoms with Gasteiger partial charge in [0.05, 0.1) is 4.90 Å². The molecule has 0 bridgehead atoms. The van der Waals surface area contributed by atoms with Gasteiger partial charge in [-0.15, -0.1) is 10.2 Å². The number of hydrogen-bond donors (Lipinski definition) is 0. The van der Waals surface area contributed by atoms with Crippen molar-refractivity contribution in [2.24, 2.45) is 7.05 Å². The van der Waals surface area contributed by atoms with Crippen molar-refractivity contribution >= 4 is 10.0 Å². The molecule has 0 unspecified atom stereocenters. The number of benzene rings is 2. The van der Waals surface area contributed by atoms with Crippen LogP contribution in [0.15, 0.2) is 51.8 Å². The summed E-state index contributed by atoms with van der Waals surface area (Å²) < 4.78 is 36.1. The molecule has 2 aromatic heterocycles. The van der Waals surface area contributed by atoms with Crippen molar-refractivity contribution in [3.8, 4) is 23.0 Å². The molecular formula is C24H25N5O3S. The first kappa shape index (κ1) is 21.5. The van der Waals surface area contributed by atoms with Crippen molar-refractivity contribution in [1.82, 2.24) is 24.3 Å². The Bertz CT molecular complexity index is 1430. The van der Waals surface area contributed by atoms with Gasteiger partial charge in [0.25, 0.3) is 5.89 Å². The molecule has 0 saturated carbocycles. The van der Waals surface area contributed by atoms with Gasteiger partial charge in [-0.05, 0) is 56.2 Å². The summed E-state index contributed by atoms with van der Waals surface area (Å²) in [6.07, 6.45) is 0.557. The van der Waals surface area contributed by atoms with Crippen LogP contribution in [0.2, 0.25) is 0 Å². The summed E-state index contributed by atoms with van der Waals surface area (Å²) in [5, 5.41) is 13.0. The molecule has 8 nitrogen and oxygen atoms in total. The second-order valence-electron chi connectivity index (χ2n) is 8.59. The molecule has 2 aromatic carbocycles. The van der Waals surface area contributed by atoms with E-state index < -0.39 is 10.0 Å². The van der Waals surface area contributed by atoms with Gasteiger partial charge in [-0.2, -0.15) is 9.40 Å². The maximum absolute atomic E-state index is 13.4. The Kier molecular flexibility index (Phi) is 5.18. The van der Waals surface area contributed by atoms with E-state index in [1.165, 1.54) is 4.31 Å². The van der Waals surface area contributed by atoms with Crippen LogP contribution in [0.4, 0.5) is 0 Å². The largest absolute Gasteiger partial charge is 0.415 e. The number of aryl methyl sites for hydroxylation is 4. The number of rotatable bonds is 4. The fourth-order valence-corrected chi connectivity index (χ4v) is 5.91. The van der Waals surface area contributed by atoms with Crippen LogP contribution < -0.4 is 0 Å². The van der Waals surface area contributed by atoms with E-state index in [1.54, 1.807) is 16.8 Å². The molecule has 0 fully saturated rings. The molecule has 1 aliphatic heterocycles. The van der Waals surface area contributed by atoms with Crippen LogP contribution in [0.25, 0.3) is 23.0 Å². The lowest BCUT2D eigenvalue weighted by atomic mass is 10.1. The van der Waals surface area contributed by atoms with E-state index in [9.17, 15) is 8.42 Å². The van der Waals surface area contributed by atoms with Crippen molar-refractivity contribution in [3.63, 3.8) is 0 Å². The third-order valence-electron chi connectivity index (χ3n) is 5.97. The van der Waals surface area contributed by atoms with E-state index in [1.807, 2.05) is 58.2 Å². The molecule has 4 aromatic rings. The predicted molar refractivity (Wildman–Crippen MR) is 124 cm³/mol. The Labute approximate surface area is 192 Å². The Morgan fingerprint density at radius 3 is 2.27 bits per heavy atom. The highest BCUT2D eigenvalue weighted by atomic mass is 32.2. The van der Waals surface area contributed by atoms with Crippen molar-refractivity contribution in [2.75, 3.05) is 6.54 Å². The number of sulfonamides is 1. The highest BCUT2D eigenvalue weighted by Crippen LogP contribution is 2.33. The van der Waals surface area contributed by atoms with Gasteiger partial charge in [0.2, 0.25) is 15.9 Å². The van der Waals surface area contributed by atoms with Crippen LogP contribution in [0, 0.1) is 20.8 Å². The summed E-state index contributed by atoms with van der Waals surface area (Å²) in [6, 6.07) is 13.2. The summed E-state index contributed by atoms with van der Waals surface area (Å²) in [5.41, 5.74) is 6.11. The highest BCUT2D eigenvalue weighted by molar-refractivity contribution is 7.89. The molecule has 0 N–H and O–H groups in total. The average molecular weight is 464 g/mol. The minimum Gasteiger partial charge on any atom is -0.415 e. The minimum absolute atomic E-state index is 0.204. The smallest absolute Gasteiger partial charge is 0.268 e. The SMILES string of the molecule is Cc1ccc(-c2nnc(-c3nn(C)c4c3CN(S(=O)(=O)c3cc(C)cc(C)c3)CC4)o2)cc1. The molecule has 170 valence electrons. The summed E-state index contributed by atoms with van der Waals surface area (Å²) >= 11 is 0. The van der Waals surface area contributed by atoms with Crippen LogP contribution in [0.5, 0.6) is 0 Å². The van der Waals surface area contributed by atoms with E-state index in [4.69, 9.17) is 4.42 Å². The minimum atomic E-state index is -3.65.